The summed E-state index contributed by atoms with van der Waals surface area (Å²) in [4.78, 5) is 11.4. The Hall–Kier alpha value is -1.62. The van der Waals surface area contributed by atoms with E-state index in [9.17, 15) is 9.18 Å². The quantitative estimate of drug-likeness (QED) is 0.785. The van der Waals surface area contributed by atoms with Gasteiger partial charge in [0.05, 0.1) is 6.61 Å². The number of carbonyl (C=O) groups is 1. The van der Waals surface area contributed by atoms with Gasteiger partial charge in [0.1, 0.15) is 11.6 Å². The van der Waals surface area contributed by atoms with Crippen molar-refractivity contribution in [2.45, 2.75) is 26.4 Å². The van der Waals surface area contributed by atoms with E-state index in [1.54, 1.807) is 19.9 Å². The van der Waals surface area contributed by atoms with Gasteiger partial charge in [-0.3, -0.25) is 0 Å². The van der Waals surface area contributed by atoms with E-state index in [0.29, 0.717) is 18.7 Å². The minimum Gasteiger partial charge on any atom is -0.479 e. The van der Waals surface area contributed by atoms with Crippen LogP contribution in [0.5, 0.6) is 5.75 Å². The number of carbonyl (C=O) groups excluding carboxylic acids is 1. The predicted octanol–water partition coefficient (Wildman–Crippen LogP) is 1.66. The van der Waals surface area contributed by atoms with Crippen molar-refractivity contribution in [1.82, 2.24) is 0 Å². The van der Waals surface area contributed by atoms with E-state index in [2.05, 4.69) is 0 Å². The van der Waals surface area contributed by atoms with Crippen molar-refractivity contribution in [2.75, 3.05) is 13.2 Å². The zero-order valence-electron chi connectivity index (χ0n) is 10.6. The Morgan fingerprint density at radius 3 is 2.78 bits per heavy atom. The highest BCUT2D eigenvalue weighted by molar-refractivity contribution is 5.74. The highest BCUT2D eigenvalue weighted by atomic mass is 19.1. The maximum absolute atomic E-state index is 13.3. The summed E-state index contributed by atoms with van der Waals surface area (Å²) in [7, 11) is 0. The molecule has 18 heavy (non-hydrogen) atoms. The van der Waals surface area contributed by atoms with Crippen LogP contribution in [0.1, 0.15) is 19.4 Å². The highest BCUT2D eigenvalue weighted by Gasteiger charge is 2.16. The normalized spacial score (nSPS) is 12.0. The average Bonchev–Trinajstić information content (AvgIpc) is 2.28. The maximum Gasteiger partial charge on any atom is 0.347 e. The van der Waals surface area contributed by atoms with E-state index < -0.39 is 17.9 Å². The van der Waals surface area contributed by atoms with Crippen LogP contribution >= 0.6 is 0 Å². The van der Waals surface area contributed by atoms with Crippen LogP contribution in [0.3, 0.4) is 0 Å². The van der Waals surface area contributed by atoms with E-state index in [0.717, 1.165) is 5.56 Å². The van der Waals surface area contributed by atoms with Gasteiger partial charge in [-0.25, -0.2) is 9.18 Å². The van der Waals surface area contributed by atoms with E-state index in [1.165, 1.54) is 12.1 Å². The summed E-state index contributed by atoms with van der Waals surface area (Å²) in [6.45, 7) is 3.99. The number of rotatable bonds is 6. The summed E-state index contributed by atoms with van der Waals surface area (Å²) in [6, 6.07) is 4.30. The molecule has 0 amide bonds. The fourth-order valence-electron chi connectivity index (χ4n) is 1.51. The second-order valence-corrected chi connectivity index (χ2v) is 3.85. The Labute approximate surface area is 106 Å². The Morgan fingerprint density at radius 2 is 2.17 bits per heavy atom. The van der Waals surface area contributed by atoms with Crippen LogP contribution < -0.4 is 10.5 Å². The average molecular weight is 255 g/mol. The van der Waals surface area contributed by atoms with Gasteiger partial charge in [-0.15, -0.1) is 0 Å². The third-order valence-electron chi connectivity index (χ3n) is 2.30. The topological polar surface area (TPSA) is 61.5 Å². The van der Waals surface area contributed by atoms with Crippen LogP contribution in [0.4, 0.5) is 4.39 Å². The van der Waals surface area contributed by atoms with Crippen molar-refractivity contribution in [3.8, 4) is 5.75 Å². The molecule has 1 aromatic rings. The van der Waals surface area contributed by atoms with Gasteiger partial charge < -0.3 is 15.2 Å². The van der Waals surface area contributed by atoms with E-state index in [1.807, 2.05) is 0 Å². The van der Waals surface area contributed by atoms with Gasteiger partial charge in [0.25, 0.3) is 0 Å². The van der Waals surface area contributed by atoms with Crippen molar-refractivity contribution in [3.05, 3.63) is 29.6 Å². The molecule has 0 spiro atoms. The second-order valence-electron chi connectivity index (χ2n) is 3.85. The molecule has 0 aliphatic heterocycles. The largest absolute Gasteiger partial charge is 0.479 e. The first-order chi connectivity index (χ1) is 8.56. The molecule has 0 bridgehead atoms. The lowest BCUT2D eigenvalue weighted by molar-refractivity contribution is -0.150. The van der Waals surface area contributed by atoms with Crippen molar-refractivity contribution in [2.24, 2.45) is 5.73 Å². The lowest BCUT2D eigenvalue weighted by Crippen LogP contribution is -2.26. The number of nitrogens with two attached hydrogens (primary N) is 1. The lowest BCUT2D eigenvalue weighted by atomic mass is 10.1. The fourth-order valence-corrected chi connectivity index (χ4v) is 1.51. The van der Waals surface area contributed by atoms with Gasteiger partial charge in [0, 0.05) is 6.07 Å². The van der Waals surface area contributed by atoms with Crippen LogP contribution in [0.25, 0.3) is 0 Å². The van der Waals surface area contributed by atoms with Crippen molar-refractivity contribution >= 4 is 5.97 Å². The van der Waals surface area contributed by atoms with E-state index >= 15 is 0 Å². The molecule has 0 fully saturated rings. The third kappa shape index (κ3) is 4.33. The molecule has 100 valence electrons. The monoisotopic (exact) mass is 255 g/mol. The van der Waals surface area contributed by atoms with Crippen LogP contribution in [-0.4, -0.2) is 25.2 Å². The number of esters is 1. The molecule has 0 heterocycles. The SMILES string of the molecule is CCOC(=O)C(C)Oc1cc(F)cc(CCN)c1. The Morgan fingerprint density at radius 1 is 1.44 bits per heavy atom. The van der Waals surface area contributed by atoms with Gasteiger partial charge in [0.2, 0.25) is 0 Å². The van der Waals surface area contributed by atoms with Gasteiger partial charge in [-0.1, -0.05) is 0 Å². The van der Waals surface area contributed by atoms with Crippen LogP contribution in [-0.2, 0) is 16.0 Å². The fraction of sp³-hybridized carbons (Fsp3) is 0.462. The van der Waals surface area contributed by atoms with Crippen molar-refractivity contribution in [1.29, 1.82) is 0 Å². The lowest BCUT2D eigenvalue weighted by Gasteiger charge is -2.14. The Kier molecular flexibility index (Phi) is 5.58. The molecule has 1 atom stereocenters. The summed E-state index contributed by atoms with van der Waals surface area (Å²) in [5.41, 5.74) is 6.15. The molecular weight excluding hydrogens is 237 g/mol. The first-order valence-electron chi connectivity index (χ1n) is 5.89. The van der Waals surface area contributed by atoms with Crippen molar-refractivity contribution in [3.63, 3.8) is 0 Å². The number of ether oxygens (including phenoxy) is 2. The molecule has 0 saturated heterocycles. The molecule has 1 rings (SSSR count). The van der Waals surface area contributed by atoms with Gasteiger partial charge in [-0.2, -0.15) is 0 Å². The molecule has 0 aliphatic rings. The maximum atomic E-state index is 13.3. The minimum absolute atomic E-state index is 0.286. The molecule has 5 heteroatoms. The standard InChI is InChI=1S/C13H18FNO3/c1-3-17-13(16)9(2)18-12-7-10(4-5-15)6-11(14)8-12/h6-9H,3-5,15H2,1-2H3. The predicted molar refractivity (Wildman–Crippen MR) is 65.9 cm³/mol. The summed E-state index contributed by atoms with van der Waals surface area (Å²) in [5, 5.41) is 0. The van der Waals surface area contributed by atoms with Crippen LogP contribution in [0, 0.1) is 5.82 Å². The summed E-state index contributed by atoms with van der Waals surface area (Å²) >= 11 is 0. The highest BCUT2D eigenvalue weighted by Crippen LogP contribution is 2.18. The molecular formula is C13H18FNO3. The summed E-state index contributed by atoms with van der Waals surface area (Å²) in [5.74, 6) is -0.576. The number of hydrogen-bond donors (Lipinski definition) is 1. The smallest absolute Gasteiger partial charge is 0.347 e. The zero-order chi connectivity index (χ0) is 13.5. The van der Waals surface area contributed by atoms with Gasteiger partial charge >= 0.3 is 5.97 Å². The third-order valence-corrected chi connectivity index (χ3v) is 2.30. The summed E-state index contributed by atoms with van der Waals surface area (Å²) in [6.07, 6.45) is -0.209. The van der Waals surface area contributed by atoms with Crippen LogP contribution in [0.15, 0.2) is 18.2 Å². The molecule has 0 aromatic heterocycles. The summed E-state index contributed by atoms with van der Waals surface area (Å²) < 4.78 is 23.5. The molecule has 1 unspecified atom stereocenters. The van der Waals surface area contributed by atoms with Crippen molar-refractivity contribution < 1.29 is 18.7 Å². The molecule has 1 aromatic carbocycles. The van der Waals surface area contributed by atoms with Gasteiger partial charge in [0.15, 0.2) is 6.10 Å². The van der Waals surface area contributed by atoms with E-state index in [-0.39, 0.29) is 6.61 Å². The van der Waals surface area contributed by atoms with Gasteiger partial charge in [-0.05, 0) is 44.5 Å². The number of hydrogen-bond acceptors (Lipinski definition) is 4. The number of halogens is 1. The molecule has 0 radical (unpaired) electrons. The Bertz CT molecular complexity index is 409. The second kappa shape index (κ2) is 6.96. The van der Waals surface area contributed by atoms with E-state index in [4.69, 9.17) is 15.2 Å². The first-order valence-corrected chi connectivity index (χ1v) is 5.89. The number of benzene rings is 1. The Balaban J connectivity index is 2.74. The first kappa shape index (κ1) is 14.4. The molecule has 4 nitrogen and oxygen atoms in total. The molecule has 0 saturated carbocycles. The van der Waals surface area contributed by atoms with Crippen LogP contribution in [0.2, 0.25) is 0 Å². The zero-order valence-corrected chi connectivity index (χ0v) is 10.6. The minimum atomic E-state index is -0.766. The molecule has 2 N–H and O–H groups in total. The molecule has 0 aliphatic carbocycles.